The Hall–Kier alpha value is -1.39. The van der Waals surface area contributed by atoms with Crippen molar-refractivity contribution in [2.24, 2.45) is 0 Å². The average molecular weight is 243 g/mol. The highest BCUT2D eigenvalue weighted by Gasteiger charge is 2.12. The van der Waals surface area contributed by atoms with E-state index >= 15 is 0 Å². The quantitative estimate of drug-likeness (QED) is 0.804. The molecule has 2 N–H and O–H groups in total. The van der Waals surface area contributed by atoms with Crippen LogP contribution in [0.2, 0.25) is 0 Å². The van der Waals surface area contributed by atoms with Crippen molar-refractivity contribution in [1.82, 2.24) is 4.98 Å². The number of nitrogens with zero attached hydrogens (tertiary/aromatic N) is 1. The summed E-state index contributed by atoms with van der Waals surface area (Å²) in [6.07, 6.45) is 3.09. The lowest BCUT2D eigenvalue weighted by Crippen LogP contribution is -2.17. The second kappa shape index (κ2) is 6.37. The second-order valence-electron chi connectivity index (χ2n) is 4.09. The van der Waals surface area contributed by atoms with Gasteiger partial charge in [0.15, 0.2) is 23.3 Å². The second-order valence-corrected chi connectivity index (χ2v) is 4.09. The van der Waals surface area contributed by atoms with Crippen LogP contribution in [0.15, 0.2) is 6.07 Å². The number of unbranched alkanes of at least 4 members (excludes halogenated alkanes) is 1. The van der Waals surface area contributed by atoms with Crippen molar-refractivity contribution in [2.45, 2.75) is 39.2 Å². The molecule has 1 aromatic heterocycles. The van der Waals surface area contributed by atoms with Crippen LogP contribution in [-0.2, 0) is 0 Å². The van der Waals surface area contributed by atoms with E-state index in [1.807, 2.05) is 6.92 Å². The normalized spacial score (nSPS) is 12.3. The van der Waals surface area contributed by atoms with E-state index in [2.05, 4.69) is 22.5 Å². The van der Waals surface area contributed by atoms with Gasteiger partial charge in [-0.25, -0.2) is 13.8 Å². The van der Waals surface area contributed by atoms with Gasteiger partial charge in [-0.1, -0.05) is 19.8 Å². The minimum atomic E-state index is -0.684. The van der Waals surface area contributed by atoms with Crippen LogP contribution in [0.5, 0.6) is 0 Å². The van der Waals surface area contributed by atoms with Gasteiger partial charge in [-0.15, -0.1) is 0 Å². The molecule has 0 spiro atoms. The minimum Gasteiger partial charge on any atom is -0.371 e. The molecule has 0 aliphatic rings. The smallest absolute Gasteiger partial charge is 0.168 e. The lowest BCUT2D eigenvalue weighted by Gasteiger charge is -2.15. The van der Waals surface area contributed by atoms with Crippen molar-refractivity contribution in [2.75, 3.05) is 17.7 Å². The van der Waals surface area contributed by atoms with Gasteiger partial charge in [-0.3, -0.25) is 0 Å². The largest absolute Gasteiger partial charge is 0.371 e. The number of hydrogen-bond acceptors (Lipinski definition) is 3. The number of rotatable bonds is 6. The fraction of sp³-hybridized carbons (Fsp3) is 0.583. The fourth-order valence-corrected chi connectivity index (χ4v) is 1.56. The van der Waals surface area contributed by atoms with E-state index in [0.717, 1.165) is 25.3 Å². The van der Waals surface area contributed by atoms with Gasteiger partial charge in [0, 0.05) is 19.2 Å². The zero-order valence-electron chi connectivity index (χ0n) is 10.5. The maximum atomic E-state index is 13.5. The molecule has 0 aromatic carbocycles. The predicted octanol–water partition coefficient (Wildman–Crippen LogP) is 3.39. The zero-order valence-corrected chi connectivity index (χ0v) is 10.5. The summed E-state index contributed by atoms with van der Waals surface area (Å²) in [6.45, 7) is 4.06. The van der Waals surface area contributed by atoms with Gasteiger partial charge in [0.05, 0.1) is 0 Å². The number of nitrogens with one attached hydrogen (secondary N) is 2. The first kappa shape index (κ1) is 13.7. The number of pyridine rings is 1. The Bertz CT molecular complexity index is 369. The van der Waals surface area contributed by atoms with Gasteiger partial charge in [0.2, 0.25) is 0 Å². The van der Waals surface area contributed by atoms with E-state index in [1.54, 1.807) is 7.05 Å². The maximum absolute atomic E-state index is 13.5. The third kappa shape index (κ3) is 3.84. The third-order valence-electron chi connectivity index (χ3n) is 2.54. The summed E-state index contributed by atoms with van der Waals surface area (Å²) >= 11 is 0. The Balaban J connectivity index is 2.76. The van der Waals surface area contributed by atoms with Gasteiger partial charge >= 0.3 is 0 Å². The molecule has 0 saturated heterocycles. The van der Waals surface area contributed by atoms with Crippen molar-refractivity contribution in [3.63, 3.8) is 0 Å². The third-order valence-corrected chi connectivity index (χ3v) is 2.54. The number of anilines is 2. The highest BCUT2D eigenvalue weighted by molar-refractivity contribution is 5.47. The SMILES string of the molecule is CCCCC(C)Nc1nc(NC)c(F)cc1F. The monoisotopic (exact) mass is 243 g/mol. The van der Waals surface area contributed by atoms with Crippen molar-refractivity contribution in [3.05, 3.63) is 17.7 Å². The highest BCUT2D eigenvalue weighted by atomic mass is 19.1. The molecular formula is C12H19F2N3. The van der Waals surface area contributed by atoms with E-state index in [4.69, 9.17) is 0 Å². The molecule has 1 unspecified atom stereocenters. The highest BCUT2D eigenvalue weighted by Crippen LogP contribution is 2.19. The molecule has 96 valence electrons. The lowest BCUT2D eigenvalue weighted by molar-refractivity contribution is 0.572. The lowest BCUT2D eigenvalue weighted by atomic mass is 10.1. The number of hydrogen-bond donors (Lipinski definition) is 2. The van der Waals surface area contributed by atoms with Crippen LogP contribution in [0.4, 0.5) is 20.4 Å². The Morgan fingerprint density at radius 3 is 2.53 bits per heavy atom. The summed E-state index contributed by atoms with van der Waals surface area (Å²) in [6, 6.07) is 0.959. The molecule has 3 nitrogen and oxygen atoms in total. The van der Waals surface area contributed by atoms with Crippen molar-refractivity contribution in [1.29, 1.82) is 0 Å². The fourth-order valence-electron chi connectivity index (χ4n) is 1.56. The first-order valence-corrected chi connectivity index (χ1v) is 5.88. The van der Waals surface area contributed by atoms with E-state index in [1.165, 1.54) is 0 Å². The van der Waals surface area contributed by atoms with Gasteiger partial charge in [0.25, 0.3) is 0 Å². The van der Waals surface area contributed by atoms with Crippen molar-refractivity contribution in [3.8, 4) is 0 Å². The maximum Gasteiger partial charge on any atom is 0.168 e. The number of halogens is 2. The van der Waals surface area contributed by atoms with Gasteiger partial charge < -0.3 is 10.6 Å². The predicted molar refractivity (Wildman–Crippen MR) is 66.3 cm³/mol. The molecule has 0 saturated carbocycles. The van der Waals surface area contributed by atoms with Crippen molar-refractivity contribution >= 4 is 11.6 Å². The van der Waals surface area contributed by atoms with Crippen LogP contribution in [0, 0.1) is 11.6 Å². The molecule has 5 heteroatoms. The van der Waals surface area contributed by atoms with E-state index in [9.17, 15) is 8.78 Å². The van der Waals surface area contributed by atoms with Gasteiger partial charge in [-0.2, -0.15) is 0 Å². The molecule has 17 heavy (non-hydrogen) atoms. The Kier molecular flexibility index (Phi) is 5.12. The molecule has 0 bridgehead atoms. The molecule has 1 rings (SSSR count). The van der Waals surface area contributed by atoms with Crippen LogP contribution >= 0.6 is 0 Å². The zero-order chi connectivity index (χ0) is 12.8. The summed E-state index contributed by atoms with van der Waals surface area (Å²) in [5, 5.41) is 5.54. The Morgan fingerprint density at radius 1 is 1.29 bits per heavy atom. The van der Waals surface area contributed by atoms with E-state index in [-0.39, 0.29) is 17.7 Å². The van der Waals surface area contributed by atoms with E-state index in [0.29, 0.717) is 0 Å². The van der Waals surface area contributed by atoms with Crippen LogP contribution in [0.25, 0.3) is 0 Å². The van der Waals surface area contributed by atoms with Crippen LogP contribution in [-0.4, -0.2) is 18.1 Å². The van der Waals surface area contributed by atoms with Crippen LogP contribution in [0.1, 0.15) is 33.1 Å². The molecule has 0 amide bonds. The van der Waals surface area contributed by atoms with Gasteiger partial charge in [-0.05, 0) is 13.3 Å². The van der Waals surface area contributed by atoms with Crippen LogP contribution in [0.3, 0.4) is 0 Å². The van der Waals surface area contributed by atoms with Gasteiger partial charge in [0.1, 0.15) is 0 Å². The molecule has 0 fully saturated rings. The topological polar surface area (TPSA) is 37.0 Å². The van der Waals surface area contributed by atoms with Crippen LogP contribution < -0.4 is 10.6 Å². The van der Waals surface area contributed by atoms with E-state index < -0.39 is 11.6 Å². The summed E-state index contributed by atoms with van der Waals surface area (Å²) in [5.41, 5.74) is 0. The molecule has 0 radical (unpaired) electrons. The summed E-state index contributed by atoms with van der Waals surface area (Å²) in [5.74, 6) is -1.20. The molecule has 0 aliphatic heterocycles. The minimum absolute atomic E-state index is 0.0524. The Labute approximate surface area is 101 Å². The summed E-state index contributed by atoms with van der Waals surface area (Å²) in [4.78, 5) is 3.87. The Morgan fingerprint density at radius 2 is 1.94 bits per heavy atom. The summed E-state index contributed by atoms with van der Waals surface area (Å²) in [7, 11) is 1.55. The molecule has 0 aliphatic carbocycles. The molecular weight excluding hydrogens is 224 g/mol. The molecule has 1 heterocycles. The molecule has 1 atom stereocenters. The van der Waals surface area contributed by atoms with Crippen molar-refractivity contribution < 1.29 is 8.78 Å². The first-order chi connectivity index (χ1) is 8.08. The average Bonchev–Trinajstić information content (AvgIpc) is 2.30. The summed E-state index contributed by atoms with van der Waals surface area (Å²) < 4.78 is 26.6. The standard InChI is InChI=1S/C12H19F2N3/c1-4-5-6-8(2)16-12-10(14)7-9(13)11(15-3)17-12/h7-8H,4-6H2,1-3H3,(H2,15,16,17). The number of aromatic nitrogens is 1. The molecule has 1 aromatic rings. The first-order valence-electron chi connectivity index (χ1n) is 5.88.